The first-order chi connectivity index (χ1) is 14.0. The van der Waals surface area contributed by atoms with Crippen molar-refractivity contribution >= 4 is 29.9 Å². The van der Waals surface area contributed by atoms with Crippen LogP contribution < -0.4 is 10.9 Å². The average Bonchev–Trinajstić information content (AvgIpc) is 2.73. The number of rotatable bonds is 6. The third-order valence-electron chi connectivity index (χ3n) is 4.63. The van der Waals surface area contributed by atoms with E-state index >= 15 is 0 Å². The first-order valence-corrected chi connectivity index (χ1v) is 9.44. The highest BCUT2D eigenvalue weighted by atomic mass is 127. The molecule has 1 heterocycles. The molecule has 0 bridgehead atoms. The Bertz CT molecular complexity index is 1020. The van der Waals surface area contributed by atoms with Crippen LogP contribution in [0.3, 0.4) is 0 Å². The third kappa shape index (κ3) is 6.69. The van der Waals surface area contributed by atoms with Crippen molar-refractivity contribution in [2.45, 2.75) is 19.6 Å². The van der Waals surface area contributed by atoms with Gasteiger partial charge >= 0.3 is 0 Å². The molecule has 0 atom stereocenters. The minimum atomic E-state index is -0.237. The largest absolute Gasteiger partial charge is 0.352 e. The summed E-state index contributed by atoms with van der Waals surface area (Å²) >= 11 is 0. The van der Waals surface area contributed by atoms with Gasteiger partial charge in [-0.3, -0.25) is 9.79 Å². The molecule has 5 nitrogen and oxygen atoms in total. The predicted octanol–water partition coefficient (Wildman–Crippen LogP) is 3.86. The second-order valence-electron chi connectivity index (χ2n) is 6.87. The molecule has 0 aliphatic rings. The van der Waals surface area contributed by atoms with Crippen molar-refractivity contribution in [1.29, 1.82) is 0 Å². The fourth-order valence-corrected chi connectivity index (χ4v) is 3.05. The summed E-state index contributed by atoms with van der Waals surface area (Å²) < 4.78 is 14.7. The minimum absolute atomic E-state index is 0. The number of guanidine groups is 1. The summed E-state index contributed by atoms with van der Waals surface area (Å²) in [7, 11) is 3.68. The Hall–Kier alpha value is -2.68. The van der Waals surface area contributed by atoms with Gasteiger partial charge in [-0.05, 0) is 34.9 Å². The zero-order valence-electron chi connectivity index (χ0n) is 17.1. The molecule has 0 unspecified atom stereocenters. The van der Waals surface area contributed by atoms with Crippen molar-refractivity contribution < 1.29 is 4.39 Å². The number of nitrogens with one attached hydrogen (secondary N) is 1. The maximum atomic E-state index is 13.1. The smallest absolute Gasteiger partial charge is 0.250 e. The maximum Gasteiger partial charge on any atom is 0.250 e. The van der Waals surface area contributed by atoms with E-state index in [1.807, 2.05) is 42.3 Å². The van der Waals surface area contributed by atoms with Gasteiger partial charge in [0.15, 0.2) is 5.96 Å². The lowest BCUT2D eigenvalue weighted by Crippen LogP contribution is -2.38. The number of hydrogen-bond donors (Lipinski definition) is 1. The summed E-state index contributed by atoms with van der Waals surface area (Å²) in [6.45, 7) is 1.81. The van der Waals surface area contributed by atoms with E-state index in [-0.39, 0.29) is 35.4 Å². The second-order valence-corrected chi connectivity index (χ2v) is 6.87. The van der Waals surface area contributed by atoms with Gasteiger partial charge in [-0.15, -0.1) is 24.0 Å². The van der Waals surface area contributed by atoms with Gasteiger partial charge in [0.05, 0.1) is 6.54 Å². The zero-order chi connectivity index (χ0) is 20.6. The van der Waals surface area contributed by atoms with Crippen molar-refractivity contribution in [2.75, 3.05) is 14.1 Å². The number of pyridine rings is 1. The van der Waals surface area contributed by atoms with Crippen molar-refractivity contribution in [3.05, 3.63) is 106 Å². The molecule has 3 aromatic rings. The average molecular weight is 520 g/mol. The number of aliphatic imine (C=N–C) groups is 1. The van der Waals surface area contributed by atoms with Crippen LogP contribution in [0.15, 0.2) is 82.7 Å². The molecule has 0 fully saturated rings. The van der Waals surface area contributed by atoms with Gasteiger partial charge < -0.3 is 14.8 Å². The van der Waals surface area contributed by atoms with E-state index in [1.54, 1.807) is 42.1 Å². The number of aromatic nitrogens is 1. The molecule has 1 N–H and O–H groups in total. The molecule has 30 heavy (non-hydrogen) atoms. The summed E-state index contributed by atoms with van der Waals surface area (Å²) in [6, 6.07) is 19.8. The monoisotopic (exact) mass is 520 g/mol. The highest BCUT2D eigenvalue weighted by Gasteiger charge is 2.07. The van der Waals surface area contributed by atoms with Crippen LogP contribution in [0, 0.1) is 5.82 Å². The van der Waals surface area contributed by atoms with Crippen LogP contribution in [0.25, 0.3) is 0 Å². The highest BCUT2D eigenvalue weighted by Crippen LogP contribution is 2.08. The molecule has 7 heteroatoms. The van der Waals surface area contributed by atoms with E-state index in [1.165, 1.54) is 12.1 Å². The molecule has 158 valence electrons. The van der Waals surface area contributed by atoms with Crippen LogP contribution in [-0.4, -0.2) is 29.5 Å². The fraction of sp³-hybridized carbons (Fsp3) is 0.217. The topological polar surface area (TPSA) is 49.6 Å². The molecule has 3 rings (SSSR count). The maximum absolute atomic E-state index is 13.1. The number of nitrogens with zero attached hydrogens (tertiary/aromatic N) is 3. The highest BCUT2D eigenvalue weighted by molar-refractivity contribution is 14.0. The summed E-state index contributed by atoms with van der Waals surface area (Å²) in [4.78, 5) is 18.1. The van der Waals surface area contributed by atoms with E-state index in [2.05, 4.69) is 10.3 Å². The van der Waals surface area contributed by atoms with Gasteiger partial charge in [-0.25, -0.2) is 4.39 Å². The molecular weight excluding hydrogens is 494 g/mol. The van der Waals surface area contributed by atoms with E-state index in [4.69, 9.17) is 0 Å². The van der Waals surface area contributed by atoms with Gasteiger partial charge in [0.1, 0.15) is 5.82 Å². The Morgan fingerprint density at radius 1 is 1.00 bits per heavy atom. The molecule has 0 aliphatic carbocycles. The van der Waals surface area contributed by atoms with Crippen LogP contribution in [0.5, 0.6) is 0 Å². The standard InChI is InChI=1S/C23H25FN4O.HI/c1-25-23(27(2)16-19-10-12-21(24)13-11-19)26-15-18-6-8-20(9-7-18)17-28-14-4-3-5-22(28)29;/h3-14H,15-17H2,1-2H3,(H,25,26);1H. The van der Waals surface area contributed by atoms with Gasteiger partial charge in [-0.1, -0.05) is 42.5 Å². The molecule has 0 radical (unpaired) electrons. The van der Waals surface area contributed by atoms with Crippen LogP contribution in [0.4, 0.5) is 4.39 Å². The Morgan fingerprint density at radius 2 is 1.63 bits per heavy atom. The molecule has 2 aromatic carbocycles. The first kappa shape index (κ1) is 23.6. The lowest BCUT2D eigenvalue weighted by Gasteiger charge is -2.22. The normalized spacial score (nSPS) is 11.0. The first-order valence-electron chi connectivity index (χ1n) is 9.44. The number of halogens is 2. The minimum Gasteiger partial charge on any atom is -0.352 e. The van der Waals surface area contributed by atoms with Crippen LogP contribution in [-0.2, 0) is 19.6 Å². The van der Waals surface area contributed by atoms with Gasteiger partial charge in [0, 0.05) is 39.4 Å². The van der Waals surface area contributed by atoms with Crippen molar-refractivity contribution in [3.8, 4) is 0 Å². The molecule has 0 spiro atoms. The van der Waals surface area contributed by atoms with Crippen molar-refractivity contribution in [2.24, 2.45) is 4.99 Å². The Kier molecular flexibility index (Phi) is 9.04. The van der Waals surface area contributed by atoms with E-state index < -0.39 is 0 Å². The van der Waals surface area contributed by atoms with Crippen molar-refractivity contribution in [3.63, 3.8) is 0 Å². The lowest BCUT2D eigenvalue weighted by atomic mass is 10.1. The van der Waals surface area contributed by atoms with Crippen LogP contribution in [0.2, 0.25) is 0 Å². The van der Waals surface area contributed by atoms with E-state index in [0.717, 1.165) is 22.6 Å². The van der Waals surface area contributed by atoms with Gasteiger partial charge in [0.25, 0.3) is 5.56 Å². The van der Waals surface area contributed by atoms with E-state index in [0.29, 0.717) is 19.6 Å². The molecule has 0 saturated heterocycles. The van der Waals surface area contributed by atoms with Crippen LogP contribution in [0.1, 0.15) is 16.7 Å². The summed E-state index contributed by atoms with van der Waals surface area (Å²) in [6.07, 6.45) is 1.79. The Labute approximate surface area is 193 Å². The second kappa shape index (κ2) is 11.5. The third-order valence-corrected chi connectivity index (χ3v) is 4.63. The summed E-state index contributed by atoms with van der Waals surface area (Å²) in [5, 5.41) is 3.34. The lowest BCUT2D eigenvalue weighted by molar-refractivity contribution is 0.476. The summed E-state index contributed by atoms with van der Waals surface area (Å²) in [5.74, 6) is 0.522. The fourth-order valence-electron chi connectivity index (χ4n) is 3.05. The van der Waals surface area contributed by atoms with Crippen molar-refractivity contribution in [1.82, 2.24) is 14.8 Å². The van der Waals surface area contributed by atoms with Gasteiger partial charge in [0.2, 0.25) is 0 Å². The number of benzene rings is 2. The quantitative estimate of drug-likeness (QED) is 0.305. The van der Waals surface area contributed by atoms with E-state index in [9.17, 15) is 9.18 Å². The molecule has 0 aliphatic heterocycles. The SMILES string of the molecule is CN=C(NCc1ccc(Cn2ccccc2=O)cc1)N(C)Cc1ccc(F)cc1.I. The van der Waals surface area contributed by atoms with Gasteiger partial charge in [-0.2, -0.15) is 0 Å². The molecular formula is C23H26FIN4O. The molecule has 0 amide bonds. The number of hydrogen-bond acceptors (Lipinski definition) is 2. The zero-order valence-corrected chi connectivity index (χ0v) is 19.4. The predicted molar refractivity (Wildman–Crippen MR) is 130 cm³/mol. The molecule has 1 aromatic heterocycles. The van der Waals surface area contributed by atoms with Crippen LogP contribution >= 0.6 is 24.0 Å². The molecule has 0 saturated carbocycles. The Morgan fingerprint density at radius 3 is 2.27 bits per heavy atom. The Balaban J connectivity index is 0.00000320. The summed E-state index contributed by atoms with van der Waals surface area (Å²) in [5.41, 5.74) is 3.19.